The summed E-state index contributed by atoms with van der Waals surface area (Å²) in [5.41, 5.74) is 0. The number of nitrogens with one attached hydrogen (secondary N) is 1. The van der Waals surface area contributed by atoms with Crippen molar-refractivity contribution in [3.63, 3.8) is 0 Å². The molecular formula is C15H23NO2S. The Hall–Kier alpha value is -1.16. The number of amides is 1. The van der Waals surface area contributed by atoms with Crippen LogP contribution in [0, 0.1) is 0 Å². The van der Waals surface area contributed by atoms with Crippen LogP contribution in [0.2, 0.25) is 0 Å². The lowest BCUT2D eigenvalue weighted by Gasteiger charge is -2.12. The van der Waals surface area contributed by atoms with E-state index in [9.17, 15) is 4.79 Å². The van der Waals surface area contributed by atoms with Crippen LogP contribution in [0.5, 0.6) is 5.75 Å². The van der Waals surface area contributed by atoms with E-state index < -0.39 is 0 Å². The SMILES string of the molecule is CCCCCNC(=O)C(C)Sc1ccc(OC)cc1. The molecule has 1 N–H and O–H groups in total. The van der Waals surface area contributed by atoms with Crippen LogP contribution >= 0.6 is 11.8 Å². The molecule has 1 aromatic carbocycles. The molecule has 1 aromatic rings. The highest BCUT2D eigenvalue weighted by atomic mass is 32.2. The minimum atomic E-state index is -0.0741. The van der Waals surface area contributed by atoms with E-state index in [0.717, 1.165) is 23.6 Å². The molecule has 0 saturated heterocycles. The van der Waals surface area contributed by atoms with Gasteiger partial charge in [-0.2, -0.15) is 0 Å². The first-order chi connectivity index (χ1) is 9.17. The molecule has 1 amide bonds. The number of thioether (sulfide) groups is 1. The van der Waals surface area contributed by atoms with Crippen molar-refractivity contribution in [2.45, 2.75) is 43.3 Å². The molecule has 0 aromatic heterocycles. The number of ether oxygens (including phenoxy) is 1. The number of unbranched alkanes of at least 4 members (excludes halogenated alkanes) is 2. The molecule has 0 saturated carbocycles. The fourth-order valence-corrected chi connectivity index (χ4v) is 2.53. The van der Waals surface area contributed by atoms with Crippen molar-refractivity contribution in [1.29, 1.82) is 0 Å². The zero-order valence-corrected chi connectivity index (χ0v) is 12.8. The van der Waals surface area contributed by atoms with Crippen molar-refractivity contribution < 1.29 is 9.53 Å². The van der Waals surface area contributed by atoms with Crippen LogP contribution in [-0.4, -0.2) is 24.8 Å². The minimum Gasteiger partial charge on any atom is -0.497 e. The summed E-state index contributed by atoms with van der Waals surface area (Å²) in [5, 5.41) is 2.90. The second kappa shape index (κ2) is 8.86. The first-order valence-electron chi connectivity index (χ1n) is 6.75. The van der Waals surface area contributed by atoms with Crippen molar-refractivity contribution in [1.82, 2.24) is 5.32 Å². The van der Waals surface area contributed by atoms with Crippen molar-refractivity contribution in [2.75, 3.05) is 13.7 Å². The zero-order chi connectivity index (χ0) is 14.1. The van der Waals surface area contributed by atoms with E-state index in [4.69, 9.17) is 4.74 Å². The Balaban J connectivity index is 2.35. The minimum absolute atomic E-state index is 0.0741. The number of hydrogen-bond acceptors (Lipinski definition) is 3. The first-order valence-corrected chi connectivity index (χ1v) is 7.63. The summed E-state index contributed by atoms with van der Waals surface area (Å²) in [7, 11) is 1.65. The summed E-state index contributed by atoms with van der Waals surface area (Å²) in [6.45, 7) is 4.87. The average molecular weight is 281 g/mol. The Kier molecular flexibility index (Phi) is 7.41. The quantitative estimate of drug-likeness (QED) is 0.585. The zero-order valence-electron chi connectivity index (χ0n) is 11.9. The molecule has 3 nitrogen and oxygen atoms in total. The third kappa shape index (κ3) is 6.01. The summed E-state index contributed by atoms with van der Waals surface area (Å²) in [5.74, 6) is 0.943. The predicted octanol–water partition coefficient (Wildman–Crippen LogP) is 3.48. The molecule has 0 heterocycles. The van der Waals surface area contributed by atoms with Crippen LogP contribution < -0.4 is 10.1 Å². The topological polar surface area (TPSA) is 38.3 Å². The molecule has 0 radical (unpaired) electrons. The second-order valence-electron chi connectivity index (χ2n) is 4.43. The lowest BCUT2D eigenvalue weighted by Crippen LogP contribution is -2.31. The molecule has 0 fully saturated rings. The van der Waals surface area contributed by atoms with Crippen molar-refractivity contribution in [3.8, 4) is 5.75 Å². The largest absolute Gasteiger partial charge is 0.497 e. The van der Waals surface area contributed by atoms with Crippen LogP contribution in [0.1, 0.15) is 33.1 Å². The highest BCUT2D eigenvalue weighted by Gasteiger charge is 2.13. The van der Waals surface area contributed by atoms with Gasteiger partial charge in [0.15, 0.2) is 0 Å². The van der Waals surface area contributed by atoms with Crippen LogP contribution in [0.15, 0.2) is 29.2 Å². The van der Waals surface area contributed by atoms with Crippen molar-refractivity contribution in [3.05, 3.63) is 24.3 Å². The van der Waals surface area contributed by atoms with Crippen LogP contribution in [0.25, 0.3) is 0 Å². The molecule has 0 aliphatic heterocycles. The van der Waals surface area contributed by atoms with Gasteiger partial charge in [0.1, 0.15) is 5.75 Å². The van der Waals surface area contributed by atoms with Crippen molar-refractivity contribution in [2.24, 2.45) is 0 Å². The highest BCUT2D eigenvalue weighted by molar-refractivity contribution is 8.00. The lowest BCUT2D eigenvalue weighted by molar-refractivity contribution is -0.120. The fourth-order valence-electron chi connectivity index (χ4n) is 1.64. The number of carbonyl (C=O) groups excluding carboxylic acids is 1. The van der Waals surface area contributed by atoms with E-state index in [1.54, 1.807) is 18.9 Å². The third-order valence-electron chi connectivity index (χ3n) is 2.82. The molecule has 1 atom stereocenters. The Morgan fingerprint density at radius 1 is 1.32 bits per heavy atom. The van der Waals surface area contributed by atoms with Gasteiger partial charge in [-0.15, -0.1) is 11.8 Å². The Bertz CT molecular complexity index is 378. The van der Waals surface area contributed by atoms with Crippen LogP contribution in [-0.2, 0) is 4.79 Å². The number of carbonyl (C=O) groups is 1. The maximum atomic E-state index is 11.9. The summed E-state index contributed by atoms with van der Waals surface area (Å²) in [4.78, 5) is 13.0. The monoisotopic (exact) mass is 281 g/mol. The fraction of sp³-hybridized carbons (Fsp3) is 0.533. The van der Waals surface area contributed by atoms with E-state index >= 15 is 0 Å². The number of rotatable bonds is 8. The molecule has 0 bridgehead atoms. The van der Waals surface area contributed by atoms with Gasteiger partial charge in [-0.05, 0) is 37.6 Å². The molecule has 19 heavy (non-hydrogen) atoms. The Morgan fingerprint density at radius 3 is 2.58 bits per heavy atom. The number of methoxy groups -OCH3 is 1. The van der Waals surface area contributed by atoms with Gasteiger partial charge in [-0.25, -0.2) is 0 Å². The van der Waals surface area contributed by atoms with E-state index in [1.165, 1.54) is 12.8 Å². The van der Waals surface area contributed by atoms with Gasteiger partial charge in [0.05, 0.1) is 12.4 Å². The molecule has 0 aliphatic carbocycles. The lowest BCUT2D eigenvalue weighted by atomic mass is 10.2. The van der Waals surface area contributed by atoms with E-state index in [2.05, 4.69) is 12.2 Å². The third-order valence-corrected chi connectivity index (χ3v) is 3.93. The van der Waals surface area contributed by atoms with Crippen LogP contribution in [0.4, 0.5) is 0 Å². The van der Waals surface area contributed by atoms with Crippen LogP contribution in [0.3, 0.4) is 0 Å². The summed E-state index contributed by atoms with van der Waals surface area (Å²) >= 11 is 1.57. The van der Waals surface area contributed by atoms with Gasteiger partial charge >= 0.3 is 0 Å². The standard InChI is InChI=1S/C15H23NO2S/c1-4-5-6-11-16-15(17)12(2)19-14-9-7-13(18-3)8-10-14/h7-10,12H,4-6,11H2,1-3H3,(H,16,17). The second-order valence-corrected chi connectivity index (χ2v) is 5.85. The summed E-state index contributed by atoms with van der Waals surface area (Å²) in [6.07, 6.45) is 3.40. The van der Waals surface area contributed by atoms with Gasteiger partial charge in [0.25, 0.3) is 0 Å². The van der Waals surface area contributed by atoms with Crippen molar-refractivity contribution >= 4 is 17.7 Å². The summed E-state index contributed by atoms with van der Waals surface area (Å²) in [6, 6.07) is 7.77. The molecule has 106 valence electrons. The molecule has 4 heteroatoms. The Labute approximate surface area is 120 Å². The number of hydrogen-bond donors (Lipinski definition) is 1. The maximum absolute atomic E-state index is 11.9. The predicted molar refractivity (Wildman–Crippen MR) is 80.8 cm³/mol. The molecular weight excluding hydrogens is 258 g/mol. The summed E-state index contributed by atoms with van der Waals surface area (Å²) < 4.78 is 5.11. The Morgan fingerprint density at radius 2 is 2.00 bits per heavy atom. The van der Waals surface area contributed by atoms with E-state index in [0.29, 0.717) is 0 Å². The molecule has 0 spiro atoms. The van der Waals surface area contributed by atoms with E-state index in [-0.39, 0.29) is 11.2 Å². The number of benzene rings is 1. The smallest absolute Gasteiger partial charge is 0.233 e. The molecule has 0 aliphatic rings. The van der Waals surface area contributed by atoms with Gasteiger partial charge in [0, 0.05) is 11.4 Å². The normalized spacial score (nSPS) is 11.9. The molecule has 1 rings (SSSR count). The van der Waals surface area contributed by atoms with E-state index in [1.807, 2.05) is 31.2 Å². The molecule has 1 unspecified atom stereocenters. The highest BCUT2D eigenvalue weighted by Crippen LogP contribution is 2.25. The van der Waals surface area contributed by atoms with Gasteiger partial charge in [-0.1, -0.05) is 19.8 Å². The first kappa shape index (κ1) is 15.9. The van der Waals surface area contributed by atoms with Gasteiger partial charge in [0.2, 0.25) is 5.91 Å². The average Bonchev–Trinajstić information content (AvgIpc) is 2.44. The van der Waals surface area contributed by atoms with Gasteiger partial charge in [-0.3, -0.25) is 4.79 Å². The van der Waals surface area contributed by atoms with Gasteiger partial charge < -0.3 is 10.1 Å². The maximum Gasteiger partial charge on any atom is 0.233 e.